The summed E-state index contributed by atoms with van der Waals surface area (Å²) < 4.78 is 10.9. The van der Waals surface area contributed by atoms with Crippen LogP contribution < -0.4 is 10.6 Å². The van der Waals surface area contributed by atoms with Crippen molar-refractivity contribution in [3.05, 3.63) is 53.0 Å². The van der Waals surface area contributed by atoms with E-state index in [2.05, 4.69) is 42.9 Å². The molecule has 2 aromatic heterocycles. The van der Waals surface area contributed by atoms with E-state index in [1.165, 1.54) is 5.56 Å². The van der Waals surface area contributed by atoms with E-state index in [4.69, 9.17) is 8.94 Å². The molecule has 1 aromatic carbocycles. The number of benzene rings is 1. The van der Waals surface area contributed by atoms with Gasteiger partial charge in [0.2, 0.25) is 5.89 Å². The lowest BCUT2D eigenvalue weighted by Gasteiger charge is -2.11. The van der Waals surface area contributed by atoms with Crippen molar-refractivity contribution >= 4 is 29.9 Å². The quantitative estimate of drug-likeness (QED) is 0.263. The summed E-state index contributed by atoms with van der Waals surface area (Å²) in [6.45, 7) is 9.83. The maximum atomic E-state index is 5.58. The molecule has 0 amide bonds. The second-order valence-corrected chi connectivity index (χ2v) is 6.69. The number of nitrogens with one attached hydrogen (secondary N) is 2. The summed E-state index contributed by atoms with van der Waals surface area (Å²) in [5, 5.41) is 10.5. The molecule has 2 heterocycles. The zero-order valence-corrected chi connectivity index (χ0v) is 20.2. The number of aryl methyl sites for hydroxylation is 3. The predicted molar refractivity (Wildman–Crippen MR) is 127 cm³/mol. The van der Waals surface area contributed by atoms with Crippen molar-refractivity contribution in [1.82, 2.24) is 25.8 Å². The lowest BCUT2D eigenvalue weighted by Crippen LogP contribution is -2.38. The standard InChI is InChI=1S/C21H28N6O2.HI/c1-5-18-26-20(29-27-18)17-9-7-16(8-10-17)11-12-23-21(22-6-2)24-13-19-25-14(3)15(4)28-19;/h7-10H,5-6,11-13H2,1-4H3,(H2,22,23,24);1H. The summed E-state index contributed by atoms with van der Waals surface area (Å²) >= 11 is 0. The maximum absolute atomic E-state index is 5.58. The molecule has 8 nitrogen and oxygen atoms in total. The number of guanidine groups is 1. The molecular weight excluding hydrogens is 495 g/mol. The molecule has 0 bridgehead atoms. The molecule has 0 radical (unpaired) electrons. The van der Waals surface area contributed by atoms with Crippen molar-refractivity contribution in [1.29, 1.82) is 0 Å². The molecule has 0 saturated heterocycles. The predicted octanol–water partition coefficient (Wildman–Crippen LogP) is 3.82. The molecule has 3 rings (SSSR count). The van der Waals surface area contributed by atoms with Crippen molar-refractivity contribution in [2.75, 3.05) is 13.1 Å². The first kappa shape index (κ1) is 23.8. The fourth-order valence-electron chi connectivity index (χ4n) is 2.75. The van der Waals surface area contributed by atoms with E-state index < -0.39 is 0 Å². The number of rotatable bonds is 8. The summed E-state index contributed by atoms with van der Waals surface area (Å²) in [4.78, 5) is 13.3. The van der Waals surface area contributed by atoms with Gasteiger partial charge in [-0.1, -0.05) is 24.2 Å². The molecular formula is C21H29IN6O2. The Morgan fingerprint density at radius 3 is 2.43 bits per heavy atom. The monoisotopic (exact) mass is 524 g/mol. The van der Waals surface area contributed by atoms with E-state index in [9.17, 15) is 0 Å². The Kier molecular flexibility index (Phi) is 9.28. The lowest BCUT2D eigenvalue weighted by molar-refractivity contribution is 0.423. The van der Waals surface area contributed by atoms with Crippen LogP contribution in [0.15, 0.2) is 38.2 Å². The van der Waals surface area contributed by atoms with Crippen LogP contribution in [0.4, 0.5) is 0 Å². The Morgan fingerprint density at radius 2 is 1.83 bits per heavy atom. The van der Waals surface area contributed by atoms with Gasteiger partial charge in [-0.3, -0.25) is 0 Å². The van der Waals surface area contributed by atoms with Gasteiger partial charge < -0.3 is 19.6 Å². The maximum Gasteiger partial charge on any atom is 0.257 e. The molecule has 0 fully saturated rings. The Labute approximate surface area is 194 Å². The van der Waals surface area contributed by atoms with Crippen LogP contribution in [0.2, 0.25) is 0 Å². The van der Waals surface area contributed by atoms with Gasteiger partial charge in [0.1, 0.15) is 12.3 Å². The van der Waals surface area contributed by atoms with Gasteiger partial charge in [0.25, 0.3) is 5.89 Å². The van der Waals surface area contributed by atoms with Gasteiger partial charge in [0, 0.05) is 25.1 Å². The van der Waals surface area contributed by atoms with E-state index in [1.807, 2.05) is 39.8 Å². The normalized spacial score (nSPS) is 11.3. The minimum absolute atomic E-state index is 0. The van der Waals surface area contributed by atoms with Crippen molar-refractivity contribution in [3.63, 3.8) is 0 Å². The minimum Gasteiger partial charge on any atom is -0.444 e. The fraction of sp³-hybridized carbons (Fsp3) is 0.429. The number of hydrogen-bond donors (Lipinski definition) is 2. The van der Waals surface area contributed by atoms with Crippen LogP contribution in [0.3, 0.4) is 0 Å². The molecule has 0 aliphatic heterocycles. The summed E-state index contributed by atoms with van der Waals surface area (Å²) in [6, 6.07) is 8.17. The van der Waals surface area contributed by atoms with Gasteiger partial charge >= 0.3 is 0 Å². The van der Waals surface area contributed by atoms with Gasteiger partial charge in [-0.05, 0) is 44.9 Å². The van der Waals surface area contributed by atoms with Gasteiger partial charge in [0.15, 0.2) is 11.8 Å². The van der Waals surface area contributed by atoms with Crippen molar-refractivity contribution in [3.8, 4) is 11.5 Å². The summed E-state index contributed by atoms with van der Waals surface area (Å²) in [5.41, 5.74) is 3.05. The average Bonchev–Trinajstić information content (AvgIpc) is 3.33. The summed E-state index contributed by atoms with van der Waals surface area (Å²) in [6.07, 6.45) is 1.63. The second-order valence-electron chi connectivity index (χ2n) is 6.69. The molecule has 0 spiro atoms. The van der Waals surface area contributed by atoms with Crippen LogP contribution in [0, 0.1) is 13.8 Å². The Hall–Kier alpha value is -2.43. The van der Waals surface area contributed by atoms with Gasteiger partial charge in [0.05, 0.1) is 5.69 Å². The third-order valence-corrected chi connectivity index (χ3v) is 4.48. The summed E-state index contributed by atoms with van der Waals surface area (Å²) in [7, 11) is 0. The van der Waals surface area contributed by atoms with Crippen molar-refractivity contribution < 1.29 is 8.94 Å². The van der Waals surface area contributed by atoms with Crippen LogP contribution in [0.5, 0.6) is 0 Å². The van der Waals surface area contributed by atoms with Crippen LogP contribution in [-0.4, -0.2) is 34.2 Å². The Morgan fingerprint density at radius 1 is 1.07 bits per heavy atom. The Bertz CT molecular complexity index is 929. The highest BCUT2D eigenvalue weighted by Gasteiger charge is 2.08. The molecule has 0 aliphatic rings. The topological polar surface area (TPSA) is 101 Å². The molecule has 9 heteroatoms. The van der Waals surface area contributed by atoms with Gasteiger partial charge in [-0.25, -0.2) is 9.98 Å². The highest BCUT2D eigenvalue weighted by atomic mass is 127. The highest BCUT2D eigenvalue weighted by Crippen LogP contribution is 2.18. The van der Waals surface area contributed by atoms with Crippen LogP contribution in [-0.2, 0) is 19.4 Å². The molecule has 3 aromatic rings. The average molecular weight is 524 g/mol. The lowest BCUT2D eigenvalue weighted by atomic mass is 10.1. The molecule has 0 atom stereocenters. The molecule has 0 aliphatic carbocycles. The summed E-state index contributed by atoms with van der Waals surface area (Å²) in [5.74, 6) is 3.49. The van der Waals surface area contributed by atoms with Crippen LogP contribution in [0.1, 0.15) is 42.6 Å². The number of aromatic nitrogens is 3. The first-order chi connectivity index (χ1) is 14.1. The molecule has 0 saturated carbocycles. The fourth-order valence-corrected chi connectivity index (χ4v) is 2.75. The molecule has 2 N–H and O–H groups in total. The van der Waals surface area contributed by atoms with Crippen LogP contribution in [0.25, 0.3) is 11.5 Å². The van der Waals surface area contributed by atoms with Gasteiger partial charge in [-0.15, -0.1) is 24.0 Å². The third-order valence-electron chi connectivity index (χ3n) is 4.48. The largest absolute Gasteiger partial charge is 0.444 e. The van der Waals surface area contributed by atoms with E-state index in [1.54, 1.807) is 0 Å². The van der Waals surface area contributed by atoms with E-state index in [-0.39, 0.29) is 24.0 Å². The van der Waals surface area contributed by atoms with E-state index in [0.717, 1.165) is 54.7 Å². The second kappa shape index (κ2) is 11.7. The van der Waals surface area contributed by atoms with Crippen LogP contribution >= 0.6 is 24.0 Å². The molecule has 162 valence electrons. The van der Waals surface area contributed by atoms with E-state index in [0.29, 0.717) is 18.3 Å². The Balaban J connectivity index is 0.00000320. The SMILES string of the molecule is CCNC(=NCc1nc(C)c(C)o1)NCCc1ccc(-c2nc(CC)no2)cc1.I. The number of nitrogens with zero attached hydrogens (tertiary/aromatic N) is 4. The highest BCUT2D eigenvalue weighted by molar-refractivity contribution is 14.0. The third kappa shape index (κ3) is 6.54. The number of aliphatic imine (C=N–C) groups is 1. The first-order valence-electron chi connectivity index (χ1n) is 9.96. The van der Waals surface area contributed by atoms with Crippen molar-refractivity contribution in [2.45, 2.75) is 47.1 Å². The van der Waals surface area contributed by atoms with E-state index >= 15 is 0 Å². The zero-order chi connectivity index (χ0) is 20.6. The first-order valence-corrected chi connectivity index (χ1v) is 9.96. The molecule has 0 unspecified atom stereocenters. The zero-order valence-electron chi connectivity index (χ0n) is 17.9. The smallest absolute Gasteiger partial charge is 0.257 e. The van der Waals surface area contributed by atoms with Gasteiger partial charge in [-0.2, -0.15) is 4.98 Å². The van der Waals surface area contributed by atoms with Crippen molar-refractivity contribution in [2.24, 2.45) is 4.99 Å². The number of oxazole rings is 1. The number of hydrogen-bond acceptors (Lipinski definition) is 6. The molecule has 30 heavy (non-hydrogen) atoms. The minimum atomic E-state index is 0. The number of halogens is 1.